The molecule has 0 radical (unpaired) electrons. The minimum absolute atomic E-state index is 0.170. The molecule has 0 unspecified atom stereocenters. The highest BCUT2D eigenvalue weighted by molar-refractivity contribution is 7.84. The molecule has 2 atom stereocenters. The van der Waals surface area contributed by atoms with Crippen molar-refractivity contribution in [2.75, 3.05) is 0 Å². The molecule has 30 heavy (non-hydrogen) atoms. The van der Waals surface area contributed by atoms with E-state index in [1.165, 1.54) is 18.3 Å². The molecule has 0 spiro atoms. The van der Waals surface area contributed by atoms with E-state index in [-0.39, 0.29) is 16.6 Å². The van der Waals surface area contributed by atoms with E-state index in [9.17, 15) is 27.9 Å². The van der Waals surface area contributed by atoms with Gasteiger partial charge < -0.3 is 20.2 Å². The van der Waals surface area contributed by atoms with Crippen molar-refractivity contribution in [2.24, 2.45) is 5.16 Å². The number of hydrogen-bond acceptors (Lipinski definition) is 9. The predicted molar refractivity (Wildman–Crippen MR) is 104 cm³/mol. The largest absolute Gasteiger partial charge is 0.503 e. The van der Waals surface area contributed by atoms with Crippen LogP contribution < -0.4 is 10.7 Å². The smallest absolute Gasteiger partial charge is 0.362 e. The molecule has 1 fully saturated rings. The maximum Gasteiger partial charge on any atom is 0.362 e. The van der Waals surface area contributed by atoms with Gasteiger partial charge in [-0.15, -0.1) is 11.3 Å². The van der Waals surface area contributed by atoms with Gasteiger partial charge in [-0.1, -0.05) is 11.2 Å². The van der Waals surface area contributed by atoms with Gasteiger partial charge in [0.2, 0.25) is 5.43 Å². The van der Waals surface area contributed by atoms with Crippen molar-refractivity contribution in [3.63, 3.8) is 0 Å². The van der Waals surface area contributed by atoms with Gasteiger partial charge in [0.15, 0.2) is 18.1 Å². The third-order valence-electron chi connectivity index (χ3n) is 4.17. The number of rotatable bonds is 7. The Labute approximate surface area is 173 Å². The Kier molecular flexibility index (Phi) is 5.91. The first-order chi connectivity index (χ1) is 14.1. The summed E-state index contributed by atoms with van der Waals surface area (Å²) >= 11 is 1.18. The van der Waals surface area contributed by atoms with Gasteiger partial charge in [0.05, 0.1) is 16.6 Å². The summed E-state index contributed by atoms with van der Waals surface area (Å²) in [7, 11) is -4.72. The molecule has 0 aromatic carbocycles. The fourth-order valence-electron chi connectivity index (χ4n) is 2.68. The number of oxime groups is 1. The first-order valence-electron chi connectivity index (χ1n) is 8.35. The van der Waals surface area contributed by atoms with Crippen LogP contribution in [0.25, 0.3) is 0 Å². The summed E-state index contributed by atoms with van der Waals surface area (Å²) in [6, 6.07) is 2.21. The zero-order valence-corrected chi connectivity index (χ0v) is 16.9. The quantitative estimate of drug-likeness (QED) is 0.188. The number of amides is 2. The number of nitrogens with zero attached hydrogens (tertiary/aromatic N) is 2. The van der Waals surface area contributed by atoms with Crippen molar-refractivity contribution in [3.8, 4) is 5.75 Å². The van der Waals surface area contributed by atoms with Crippen molar-refractivity contribution in [1.29, 1.82) is 0 Å². The van der Waals surface area contributed by atoms with E-state index in [1.54, 1.807) is 17.5 Å². The van der Waals surface area contributed by atoms with Gasteiger partial charge in [-0.05, 0) is 18.4 Å². The number of thiophene rings is 1. The Morgan fingerprint density at radius 1 is 1.43 bits per heavy atom. The molecule has 2 aromatic heterocycles. The molecular formula is C16H16N4O8S2. The number of carbonyl (C=O) groups excluding carboxylic acids is 2. The average Bonchev–Trinajstić information content (AvgIpc) is 3.19. The Bertz CT molecular complexity index is 1160. The molecule has 1 aliphatic rings. The van der Waals surface area contributed by atoms with E-state index in [1.807, 2.05) is 0 Å². The lowest BCUT2D eigenvalue weighted by Crippen LogP contribution is -2.71. The van der Waals surface area contributed by atoms with Crippen LogP contribution in [0, 0.1) is 0 Å². The molecule has 12 nitrogen and oxygen atoms in total. The van der Waals surface area contributed by atoms with E-state index in [4.69, 9.17) is 9.39 Å². The predicted octanol–water partition coefficient (Wildman–Crippen LogP) is -0.419. The van der Waals surface area contributed by atoms with Crippen LogP contribution >= 0.6 is 11.3 Å². The SMILES string of the molecule is C[C@H]1[C@H](NC(=O)C(=NOCc2cc(=O)c(O)c[nH]2)c2cccs2)C(=O)N1S(=O)(=O)O. The normalized spacial score (nSPS) is 19.3. The second kappa shape index (κ2) is 8.25. The van der Waals surface area contributed by atoms with Crippen molar-refractivity contribution in [1.82, 2.24) is 14.6 Å². The van der Waals surface area contributed by atoms with Gasteiger partial charge in [-0.3, -0.25) is 18.9 Å². The lowest BCUT2D eigenvalue weighted by atomic mass is 10.0. The van der Waals surface area contributed by atoms with Crippen molar-refractivity contribution < 1.29 is 32.5 Å². The number of nitrogens with one attached hydrogen (secondary N) is 2. The second-order valence-electron chi connectivity index (χ2n) is 6.20. The van der Waals surface area contributed by atoms with E-state index in [0.717, 1.165) is 12.3 Å². The minimum atomic E-state index is -4.72. The van der Waals surface area contributed by atoms with E-state index in [0.29, 0.717) is 10.6 Å². The fourth-order valence-corrected chi connectivity index (χ4v) is 4.27. The first-order valence-corrected chi connectivity index (χ1v) is 10.6. The Morgan fingerprint density at radius 2 is 2.17 bits per heavy atom. The molecule has 3 rings (SSSR count). The highest BCUT2D eigenvalue weighted by Crippen LogP contribution is 2.23. The molecule has 14 heteroatoms. The molecule has 1 saturated heterocycles. The van der Waals surface area contributed by atoms with Crippen LogP contribution in [0.2, 0.25) is 0 Å². The number of aromatic hydroxyl groups is 1. The molecule has 0 aliphatic carbocycles. The standard InChI is InChI=1S/C16H16N4O8S2/c1-8-13(16(24)20(8)30(25,26)27)18-15(23)14(12-3-2-4-29-12)19-28-7-9-5-10(21)11(22)6-17-9/h2-6,8,13,22H,7H2,1H3,(H,17,21)(H,18,23)(H,25,26,27)/t8-,13-/m0/s1. The van der Waals surface area contributed by atoms with E-state index in [2.05, 4.69) is 15.5 Å². The zero-order chi connectivity index (χ0) is 22.1. The first kappa shape index (κ1) is 21.5. The van der Waals surface area contributed by atoms with Gasteiger partial charge in [-0.25, -0.2) is 4.31 Å². The van der Waals surface area contributed by atoms with Gasteiger partial charge in [0.25, 0.3) is 11.8 Å². The third kappa shape index (κ3) is 4.34. The summed E-state index contributed by atoms with van der Waals surface area (Å²) < 4.78 is 31.6. The van der Waals surface area contributed by atoms with E-state index >= 15 is 0 Å². The molecule has 160 valence electrons. The maximum absolute atomic E-state index is 12.6. The monoisotopic (exact) mass is 456 g/mol. The van der Waals surface area contributed by atoms with Crippen LogP contribution in [0.1, 0.15) is 17.5 Å². The van der Waals surface area contributed by atoms with Crippen LogP contribution in [0.5, 0.6) is 5.75 Å². The topological polar surface area (TPSA) is 178 Å². The molecule has 2 amide bonds. The number of H-pyrrole nitrogens is 1. The third-order valence-corrected chi connectivity index (χ3v) is 6.05. The van der Waals surface area contributed by atoms with Crippen molar-refractivity contribution in [3.05, 3.63) is 50.6 Å². The number of β-lactam (4-membered cyclic amide) rings is 1. The maximum atomic E-state index is 12.6. The molecule has 0 saturated carbocycles. The minimum Gasteiger partial charge on any atom is -0.503 e. The highest BCUT2D eigenvalue weighted by atomic mass is 32.2. The summed E-state index contributed by atoms with van der Waals surface area (Å²) in [6.45, 7) is 1.13. The van der Waals surface area contributed by atoms with Crippen LogP contribution in [0.4, 0.5) is 0 Å². The number of carbonyl (C=O) groups is 2. The van der Waals surface area contributed by atoms with E-state index < -0.39 is 45.4 Å². The summed E-state index contributed by atoms with van der Waals surface area (Å²) in [6.07, 6.45) is 1.09. The molecule has 4 N–H and O–H groups in total. The number of hydrogen-bond donors (Lipinski definition) is 4. The number of pyridine rings is 1. The van der Waals surface area contributed by atoms with Gasteiger partial charge in [0.1, 0.15) is 6.04 Å². The van der Waals surface area contributed by atoms with Crippen LogP contribution in [0.15, 0.2) is 39.7 Å². The van der Waals surface area contributed by atoms with Gasteiger partial charge >= 0.3 is 10.3 Å². The molecule has 2 aromatic rings. The van der Waals surface area contributed by atoms with Crippen LogP contribution in [-0.4, -0.2) is 57.0 Å². The zero-order valence-electron chi connectivity index (χ0n) is 15.3. The Hall–Kier alpha value is -3.23. The molecular weight excluding hydrogens is 440 g/mol. The average molecular weight is 456 g/mol. The second-order valence-corrected chi connectivity index (χ2v) is 8.44. The summed E-state index contributed by atoms with van der Waals surface area (Å²) in [5.41, 5.74) is -0.496. The van der Waals surface area contributed by atoms with Gasteiger partial charge in [-0.2, -0.15) is 8.42 Å². The van der Waals surface area contributed by atoms with Crippen molar-refractivity contribution >= 4 is 39.2 Å². The van der Waals surface area contributed by atoms with Crippen LogP contribution in [0.3, 0.4) is 0 Å². The summed E-state index contributed by atoms with van der Waals surface area (Å²) in [4.78, 5) is 44.2. The lowest BCUT2D eigenvalue weighted by molar-refractivity contribution is -0.143. The summed E-state index contributed by atoms with van der Waals surface area (Å²) in [5.74, 6) is -2.23. The van der Waals surface area contributed by atoms with Gasteiger partial charge in [0, 0.05) is 12.3 Å². The molecule has 0 bridgehead atoms. The Balaban J connectivity index is 1.73. The molecule has 1 aliphatic heterocycles. The number of aromatic amines is 1. The molecule has 3 heterocycles. The summed E-state index contributed by atoms with van der Waals surface area (Å²) in [5, 5.41) is 17.1. The fraction of sp³-hybridized carbons (Fsp3) is 0.250. The lowest BCUT2D eigenvalue weighted by Gasteiger charge is -2.42. The van der Waals surface area contributed by atoms with Crippen LogP contribution in [-0.2, 0) is 31.3 Å². The Morgan fingerprint density at radius 3 is 2.73 bits per heavy atom. The number of aromatic nitrogens is 1. The van der Waals surface area contributed by atoms with Crippen molar-refractivity contribution in [2.45, 2.75) is 25.6 Å². The highest BCUT2D eigenvalue weighted by Gasteiger charge is 2.51.